The summed E-state index contributed by atoms with van der Waals surface area (Å²) in [5, 5.41) is 0. The van der Waals surface area contributed by atoms with Crippen molar-refractivity contribution in [3.63, 3.8) is 0 Å². The molecule has 1 aromatic heterocycles. The molecule has 0 aliphatic carbocycles. The number of aryl methyl sites for hydroxylation is 1. The smallest absolute Gasteiger partial charge is 0.311 e. The summed E-state index contributed by atoms with van der Waals surface area (Å²) >= 11 is 3.36. The zero-order chi connectivity index (χ0) is 14.2. The lowest BCUT2D eigenvalue weighted by Gasteiger charge is -2.18. The lowest BCUT2D eigenvalue weighted by Crippen LogP contribution is -2.27. The molecule has 19 heavy (non-hydrogen) atoms. The van der Waals surface area contributed by atoms with Gasteiger partial charge in [0, 0.05) is 17.4 Å². The average molecular weight is 328 g/mol. The number of hydrogen-bond donors (Lipinski definition) is 1. The maximum atomic E-state index is 12.0. The molecule has 6 nitrogen and oxygen atoms in total. The van der Waals surface area contributed by atoms with Crippen LogP contribution in [0.25, 0.3) is 0 Å². The quantitative estimate of drug-likeness (QED) is 0.826. The van der Waals surface area contributed by atoms with E-state index in [0.717, 1.165) is 10.2 Å². The Morgan fingerprint density at radius 2 is 2.32 bits per heavy atom. The number of nitrogens with zero attached hydrogens (tertiary/aromatic N) is 2. The number of halogens is 1. The number of anilines is 2. The summed E-state index contributed by atoms with van der Waals surface area (Å²) in [6, 6.07) is 1.75. The summed E-state index contributed by atoms with van der Waals surface area (Å²) < 4.78 is 5.44. The van der Waals surface area contributed by atoms with E-state index in [9.17, 15) is 9.59 Å². The van der Waals surface area contributed by atoms with Gasteiger partial charge in [-0.2, -0.15) is 0 Å². The minimum absolute atomic E-state index is 0.137. The molecule has 1 atom stereocenters. The molecule has 1 fully saturated rings. The first-order chi connectivity index (χ1) is 8.93. The predicted molar refractivity (Wildman–Crippen MR) is 73.6 cm³/mol. The Bertz CT molecular complexity index is 547. The van der Waals surface area contributed by atoms with Crippen LogP contribution in [0.1, 0.15) is 12.1 Å². The van der Waals surface area contributed by atoms with Gasteiger partial charge in [0.25, 0.3) is 0 Å². The molecule has 1 unspecified atom stereocenters. The third-order valence-electron chi connectivity index (χ3n) is 3.11. The number of carbonyl (C=O) groups is 2. The van der Waals surface area contributed by atoms with E-state index in [1.807, 2.05) is 6.92 Å². The number of methoxy groups -OCH3 is 1. The van der Waals surface area contributed by atoms with Crippen molar-refractivity contribution in [2.75, 3.05) is 24.3 Å². The van der Waals surface area contributed by atoms with Gasteiger partial charge in [0.15, 0.2) is 0 Å². The molecule has 1 amide bonds. The molecule has 1 aliphatic heterocycles. The standard InChI is InChI=1S/C12H14BrN3O3/c1-6-8(13)4-9(11(14)15-6)16-5-7(3-10(16)17)12(18)19-2/h4,7H,3,5H2,1-2H3,(H2,14,15). The summed E-state index contributed by atoms with van der Waals surface area (Å²) in [6.07, 6.45) is 0.137. The molecular weight excluding hydrogens is 314 g/mol. The van der Waals surface area contributed by atoms with Gasteiger partial charge in [-0.1, -0.05) is 0 Å². The van der Waals surface area contributed by atoms with E-state index in [1.54, 1.807) is 6.07 Å². The second kappa shape index (κ2) is 5.16. The van der Waals surface area contributed by atoms with E-state index < -0.39 is 5.92 Å². The summed E-state index contributed by atoms with van der Waals surface area (Å²) in [7, 11) is 1.31. The fraction of sp³-hybridized carbons (Fsp3) is 0.417. The number of carbonyl (C=O) groups excluding carboxylic acids is 2. The van der Waals surface area contributed by atoms with Gasteiger partial charge in [-0.25, -0.2) is 4.98 Å². The Labute approximate surface area is 119 Å². The number of hydrogen-bond acceptors (Lipinski definition) is 5. The van der Waals surface area contributed by atoms with Gasteiger partial charge in [0.05, 0.1) is 24.4 Å². The molecule has 0 aromatic carbocycles. The fourth-order valence-electron chi connectivity index (χ4n) is 2.07. The van der Waals surface area contributed by atoms with Crippen LogP contribution in [0, 0.1) is 12.8 Å². The molecular formula is C12H14BrN3O3. The summed E-state index contributed by atoms with van der Waals surface area (Å²) in [5.41, 5.74) is 7.11. The maximum Gasteiger partial charge on any atom is 0.311 e. The van der Waals surface area contributed by atoms with Crippen molar-refractivity contribution in [3.8, 4) is 0 Å². The lowest BCUT2D eigenvalue weighted by atomic mass is 10.1. The van der Waals surface area contributed by atoms with Gasteiger partial charge in [0.2, 0.25) is 5.91 Å². The normalized spacial score (nSPS) is 18.8. The summed E-state index contributed by atoms with van der Waals surface area (Å²) in [4.78, 5) is 29.1. The van der Waals surface area contributed by atoms with Crippen LogP contribution in [0.2, 0.25) is 0 Å². The van der Waals surface area contributed by atoms with Crippen LogP contribution in [0.5, 0.6) is 0 Å². The van der Waals surface area contributed by atoms with Gasteiger partial charge in [-0.3, -0.25) is 9.59 Å². The van der Waals surface area contributed by atoms with Crippen LogP contribution in [0.3, 0.4) is 0 Å². The van der Waals surface area contributed by atoms with Gasteiger partial charge < -0.3 is 15.4 Å². The van der Waals surface area contributed by atoms with Gasteiger partial charge in [-0.05, 0) is 28.9 Å². The number of nitrogens with two attached hydrogens (primary N) is 1. The number of esters is 1. The minimum atomic E-state index is -0.447. The molecule has 0 bridgehead atoms. The van der Waals surface area contributed by atoms with Crippen LogP contribution in [-0.2, 0) is 14.3 Å². The molecule has 1 aliphatic rings. The molecule has 1 aromatic rings. The summed E-state index contributed by atoms with van der Waals surface area (Å²) in [6.45, 7) is 2.08. The van der Waals surface area contributed by atoms with Crippen molar-refractivity contribution < 1.29 is 14.3 Å². The first-order valence-corrected chi connectivity index (χ1v) is 6.54. The Balaban J connectivity index is 2.30. The topological polar surface area (TPSA) is 85.5 Å². The van der Waals surface area contributed by atoms with Crippen LogP contribution in [-0.4, -0.2) is 30.5 Å². The Morgan fingerprint density at radius 1 is 1.63 bits per heavy atom. The molecule has 2 rings (SSSR count). The number of amides is 1. The molecule has 0 radical (unpaired) electrons. The number of aromatic nitrogens is 1. The van der Waals surface area contributed by atoms with Crippen molar-refractivity contribution in [1.82, 2.24) is 4.98 Å². The first-order valence-electron chi connectivity index (χ1n) is 5.75. The van der Waals surface area contributed by atoms with E-state index >= 15 is 0 Å². The fourth-order valence-corrected chi connectivity index (χ4v) is 2.38. The Hall–Kier alpha value is -1.63. The maximum absolute atomic E-state index is 12.0. The van der Waals surface area contributed by atoms with Gasteiger partial charge >= 0.3 is 5.97 Å². The highest BCUT2D eigenvalue weighted by Gasteiger charge is 2.36. The Morgan fingerprint density at radius 3 is 2.95 bits per heavy atom. The largest absolute Gasteiger partial charge is 0.469 e. The van der Waals surface area contributed by atoms with Crippen LogP contribution in [0.4, 0.5) is 11.5 Å². The van der Waals surface area contributed by atoms with Crippen LogP contribution < -0.4 is 10.6 Å². The zero-order valence-electron chi connectivity index (χ0n) is 10.6. The molecule has 1 saturated heterocycles. The van der Waals surface area contributed by atoms with Crippen molar-refractivity contribution in [2.24, 2.45) is 5.92 Å². The number of ether oxygens (including phenoxy) is 1. The van der Waals surface area contributed by atoms with Crippen LogP contribution >= 0.6 is 15.9 Å². The first kappa shape index (κ1) is 13.8. The van der Waals surface area contributed by atoms with E-state index in [2.05, 4.69) is 25.7 Å². The lowest BCUT2D eigenvalue weighted by molar-refractivity contribution is -0.145. The van der Waals surface area contributed by atoms with Crippen molar-refractivity contribution in [3.05, 3.63) is 16.2 Å². The third-order valence-corrected chi connectivity index (χ3v) is 3.91. The van der Waals surface area contributed by atoms with E-state index in [-0.39, 0.29) is 30.7 Å². The van der Waals surface area contributed by atoms with Gasteiger partial charge in [-0.15, -0.1) is 0 Å². The van der Waals surface area contributed by atoms with E-state index in [4.69, 9.17) is 5.73 Å². The monoisotopic (exact) mass is 327 g/mol. The highest BCUT2D eigenvalue weighted by atomic mass is 79.9. The number of nitrogen functional groups attached to an aromatic ring is 1. The minimum Gasteiger partial charge on any atom is -0.469 e. The third kappa shape index (κ3) is 2.56. The predicted octanol–water partition coefficient (Wildman–Crippen LogP) is 1.26. The van der Waals surface area contributed by atoms with Gasteiger partial charge in [0.1, 0.15) is 5.82 Å². The van der Waals surface area contributed by atoms with E-state index in [0.29, 0.717) is 5.69 Å². The second-order valence-electron chi connectivity index (χ2n) is 4.39. The second-order valence-corrected chi connectivity index (χ2v) is 5.24. The zero-order valence-corrected chi connectivity index (χ0v) is 12.2. The number of pyridine rings is 1. The van der Waals surface area contributed by atoms with E-state index in [1.165, 1.54) is 12.0 Å². The van der Waals surface area contributed by atoms with Crippen molar-refractivity contribution >= 4 is 39.3 Å². The summed E-state index contributed by atoms with van der Waals surface area (Å²) in [5.74, 6) is -0.704. The SMILES string of the molecule is COC(=O)C1CC(=O)N(c2cc(Br)c(C)nc2N)C1. The molecule has 0 spiro atoms. The molecule has 2 heterocycles. The molecule has 7 heteroatoms. The number of rotatable bonds is 2. The highest BCUT2D eigenvalue weighted by molar-refractivity contribution is 9.10. The average Bonchev–Trinajstić information content (AvgIpc) is 2.75. The van der Waals surface area contributed by atoms with Crippen molar-refractivity contribution in [2.45, 2.75) is 13.3 Å². The molecule has 0 saturated carbocycles. The van der Waals surface area contributed by atoms with Crippen molar-refractivity contribution in [1.29, 1.82) is 0 Å². The Kier molecular flexibility index (Phi) is 3.75. The van der Waals surface area contributed by atoms with Crippen LogP contribution in [0.15, 0.2) is 10.5 Å². The highest BCUT2D eigenvalue weighted by Crippen LogP contribution is 2.32. The molecule has 2 N–H and O–H groups in total. The molecule has 102 valence electrons.